The molecule has 0 unspecified atom stereocenters. The molecule has 0 N–H and O–H groups in total. The molecule has 0 aliphatic rings. The maximum absolute atomic E-state index is 6.78. The van der Waals surface area contributed by atoms with Crippen molar-refractivity contribution in [3.63, 3.8) is 0 Å². The second-order valence-corrected chi connectivity index (χ2v) is 20.0. The molecule has 0 fully saturated rings. The summed E-state index contributed by atoms with van der Waals surface area (Å²) in [5.74, 6) is 2.04. The molecule has 6 heteroatoms. The first-order valence-electron chi connectivity index (χ1n) is 20.7. The Morgan fingerprint density at radius 2 is 1.23 bits per heavy atom. The Bertz CT molecular complexity index is 2850. The van der Waals surface area contributed by atoms with Gasteiger partial charge in [0, 0.05) is 35.0 Å². The molecule has 8 aromatic rings. The van der Waals surface area contributed by atoms with Gasteiger partial charge in [-0.25, -0.2) is 4.98 Å². The molecule has 0 atom stereocenters. The molecule has 0 aliphatic heterocycles. The van der Waals surface area contributed by atoms with Gasteiger partial charge in [-0.3, -0.25) is 4.68 Å². The third-order valence-electron chi connectivity index (χ3n) is 11.3. The molecule has 8 rings (SSSR count). The normalized spacial score (nSPS) is 12.5. The fourth-order valence-corrected chi connectivity index (χ4v) is 7.99. The summed E-state index contributed by atoms with van der Waals surface area (Å²) in [6, 6.07) is 44.1. The van der Waals surface area contributed by atoms with Crippen LogP contribution in [0.3, 0.4) is 0 Å². The molecular weight excluding hydrogens is 916 g/mol. The first kappa shape index (κ1) is 42.9. The molecule has 3 heterocycles. The number of hydrogen-bond acceptors (Lipinski definition) is 3. The summed E-state index contributed by atoms with van der Waals surface area (Å²) in [4.78, 5) is 5.03. The maximum Gasteiger partial charge on any atom is 2.00 e. The van der Waals surface area contributed by atoms with Gasteiger partial charge in [-0.15, -0.1) is 41.3 Å². The second-order valence-electron chi connectivity index (χ2n) is 20.0. The first-order valence-corrected chi connectivity index (χ1v) is 20.7. The van der Waals surface area contributed by atoms with Crippen LogP contribution in [0.2, 0.25) is 0 Å². The van der Waals surface area contributed by atoms with E-state index in [9.17, 15) is 0 Å². The van der Waals surface area contributed by atoms with Crippen molar-refractivity contribution in [2.45, 2.75) is 105 Å². The van der Waals surface area contributed by atoms with Gasteiger partial charge in [-0.05, 0) is 78.2 Å². The van der Waals surface area contributed by atoms with Crippen LogP contribution in [0.1, 0.15) is 105 Å². The molecule has 0 saturated heterocycles. The van der Waals surface area contributed by atoms with Crippen LogP contribution in [0.15, 0.2) is 122 Å². The molecule has 0 bridgehead atoms. The maximum atomic E-state index is 6.78. The van der Waals surface area contributed by atoms with E-state index in [0.29, 0.717) is 11.5 Å². The van der Waals surface area contributed by atoms with Crippen LogP contribution in [-0.4, -0.2) is 19.3 Å². The number of benzene rings is 5. The molecule has 0 saturated carbocycles. The van der Waals surface area contributed by atoms with E-state index in [4.69, 9.17) is 14.8 Å². The molecule has 0 aliphatic carbocycles. The number of hydrogen-bond donors (Lipinski definition) is 0. The molecule has 5 nitrogen and oxygen atoms in total. The van der Waals surface area contributed by atoms with Gasteiger partial charge >= 0.3 is 21.1 Å². The molecule has 3 aromatic heterocycles. The Hall–Kier alpha value is -5.25. The SMILES string of the molecule is CC(C)(C)c1cc(Oc2[c-]c3c(cc2)c2cccc(C(C)(C)C)c2n3-c2cc(-c3cccc(C(C)(C)C)c3)ccn2)[c-]c(-n2cc(-c3ccccc3C(C)(C)C)cn2)c1.[Pt+2]. The van der Waals surface area contributed by atoms with Crippen LogP contribution < -0.4 is 4.74 Å². The van der Waals surface area contributed by atoms with Crippen LogP contribution >= 0.6 is 0 Å². The Labute approximate surface area is 371 Å². The van der Waals surface area contributed by atoms with Gasteiger partial charge in [-0.2, -0.15) is 11.2 Å². The predicted octanol–water partition coefficient (Wildman–Crippen LogP) is 14.3. The van der Waals surface area contributed by atoms with Crippen LogP contribution in [0.5, 0.6) is 11.5 Å². The average Bonchev–Trinajstić information content (AvgIpc) is 3.80. The summed E-state index contributed by atoms with van der Waals surface area (Å²) in [5, 5.41) is 7.10. The van der Waals surface area contributed by atoms with Crippen molar-refractivity contribution in [2.24, 2.45) is 0 Å². The summed E-state index contributed by atoms with van der Waals surface area (Å²) < 4.78 is 11.0. The largest absolute Gasteiger partial charge is 2.00 e. The average molecular weight is 972 g/mol. The summed E-state index contributed by atoms with van der Waals surface area (Å²) in [5.41, 5.74) is 12.1. The van der Waals surface area contributed by atoms with Crippen LogP contribution in [0.25, 0.3) is 55.6 Å². The molecule has 0 radical (unpaired) electrons. The van der Waals surface area contributed by atoms with Gasteiger partial charge in [0.1, 0.15) is 5.82 Å². The number of pyridine rings is 1. The Morgan fingerprint density at radius 1 is 0.550 bits per heavy atom. The topological polar surface area (TPSA) is 44.9 Å². The van der Waals surface area contributed by atoms with Gasteiger partial charge in [0.25, 0.3) is 0 Å². The molecule has 60 heavy (non-hydrogen) atoms. The standard InChI is InChI=1S/C54H56N4O.Pt/c1-51(2,3)38-18-15-17-35(27-38)36-25-26-55-49(28-36)58-48-32-41(23-24-44(48)45-20-16-22-47(50(45)58)54(10,11)12)59-42-30-39(52(4,5)6)29-40(31-42)57-34-37(33-56-57)43-19-13-14-21-46(43)53(7,8)9;/h13-30,33-34H,1-12H3;/q-2;+2. The predicted molar refractivity (Wildman–Crippen MR) is 246 cm³/mol. The van der Waals surface area contributed by atoms with Gasteiger partial charge in [0.2, 0.25) is 0 Å². The van der Waals surface area contributed by atoms with Gasteiger partial charge in [-0.1, -0.05) is 155 Å². The van der Waals surface area contributed by atoms with Crippen LogP contribution in [0.4, 0.5) is 0 Å². The van der Waals surface area contributed by atoms with Gasteiger partial charge < -0.3 is 9.30 Å². The second kappa shape index (κ2) is 15.7. The van der Waals surface area contributed by atoms with Crippen LogP contribution in [-0.2, 0) is 42.7 Å². The van der Waals surface area contributed by atoms with Gasteiger partial charge in [0.05, 0.1) is 6.20 Å². The van der Waals surface area contributed by atoms with E-state index in [2.05, 4.69) is 203 Å². The minimum absolute atomic E-state index is 0. The zero-order chi connectivity index (χ0) is 42.1. The molecular formula is C54H56N4OPt. The summed E-state index contributed by atoms with van der Waals surface area (Å²) in [6.45, 7) is 27.0. The smallest absolute Gasteiger partial charge is 0.509 e. The summed E-state index contributed by atoms with van der Waals surface area (Å²) >= 11 is 0. The van der Waals surface area contributed by atoms with E-state index in [-0.39, 0.29) is 42.7 Å². The van der Waals surface area contributed by atoms with Crippen molar-refractivity contribution in [2.75, 3.05) is 0 Å². The number of nitrogens with zero attached hydrogens (tertiary/aromatic N) is 4. The summed E-state index contributed by atoms with van der Waals surface area (Å²) in [7, 11) is 0. The third-order valence-corrected chi connectivity index (χ3v) is 11.3. The fourth-order valence-electron chi connectivity index (χ4n) is 7.99. The molecule has 0 spiro atoms. The zero-order valence-electron chi connectivity index (χ0n) is 37.1. The number of ether oxygens (including phenoxy) is 1. The molecule has 0 amide bonds. The number of rotatable bonds is 6. The third kappa shape index (κ3) is 8.39. The van der Waals surface area contributed by atoms with E-state index in [1.165, 1.54) is 27.8 Å². The number of aromatic nitrogens is 4. The fraction of sp³-hybridized carbons (Fsp3) is 0.296. The minimum Gasteiger partial charge on any atom is -0.509 e. The van der Waals surface area contributed by atoms with Crippen LogP contribution in [0, 0.1) is 12.1 Å². The van der Waals surface area contributed by atoms with E-state index in [1.807, 2.05) is 23.1 Å². The van der Waals surface area contributed by atoms with Crippen molar-refractivity contribution in [3.05, 3.63) is 156 Å². The van der Waals surface area contributed by atoms with Crippen molar-refractivity contribution in [1.82, 2.24) is 19.3 Å². The molecule has 5 aromatic carbocycles. The monoisotopic (exact) mass is 971 g/mol. The zero-order valence-corrected chi connectivity index (χ0v) is 39.3. The van der Waals surface area contributed by atoms with Crippen molar-refractivity contribution >= 4 is 21.8 Å². The summed E-state index contributed by atoms with van der Waals surface area (Å²) in [6.07, 6.45) is 5.96. The van der Waals surface area contributed by atoms with E-state index in [0.717, 1.165) is 50.0 Å². The van der Waals surface area contributed by atoms with E-state index < -0.39 is 0 Å². The van der Waals surface area contributed by atoms with E-state index >= 15 is 0 Å². The molecule has 308 valence electrons. The Kier molecular flexibility index (Phi) is 11.2. The number of para-hydroxylation sites is 1. The van der Waals surface area contributed by atoms with Gasteiger partial charge in [0.15, 0.2) is 0 Å². The van der Waals surface area contributed by atoms with E-state index in [1.54, 1.807) is 0 Å². The first-order chi connectivity index (χ1) is 27.8. The van der Waals surface area contributed by atoms with Crippen molar-refractivity contribution in [3.8, 4) is 45.3 Å². The quantitative estimate of drug-likeness (QED) is 0.156. The van der Waals surface area contributed by atoms with Crippen molar-refractivity contribution in [1.29, 1.82) is 0 Å². The number of fused-ring (bicyclic) bond motifs is 3. The Balaban J connectivity index is 0.00000544. The Morgan fingerprint density at radius 3 is 1.95 bits per heavy atom. The van der Waals surface area contributed by atoms with Crippen molar-refractivity contribution < 1.29 is 25.8 Å². The minimum atomic E-state index is -0.149.